The van der Waals surface area contributed by atoms with Gasteiger partial charge in [0.2, 0.25) is 10.0 Å². The molecule has 0 aromatic heterocycles. The minimum absolute atomic E-state index is 0.334. The van der Waals surface area contributed by atoms with Gasteiger partial charge in [0.25, 0.3) is 5.91 Å². The molecule has 0 spiro atoms. The number of anilines is 2. The third-order valence-corrected chi connectivity index (χ3v) is 5.10. The standard InChI is InChI=1S/C16H17ClN2O3S/c1-11-14(17)8-5-9-15(11)18-16(20)12-6-4-7-13(10-12)19(2)23(3,21)22/h4-10H,1-3H3,(H,18,20). The molecule has 5 nitrogen and oxygen atoms in total. The van der Waals surface area contributed by atoms with E-state index >= 15 is 0 Å². The van der Waals surface area contributed by atoms with Gasteiger partial charge in [-0.15, -0.1) is 0 Å². The lowest BCUT2D eigenvalue weighted by molar-refractivity contribution is 0.102. The number of carbonyl (C=O) groups is 1. The van der Waals surface area contributed by atoms with E-state index < -0.39 is 10.0 Å². The number of hydrogen-bond donors (Lipinski definition) is 1. The van der Waals surface area contributed by atoms with E-state index in [1.807, 2.05) is 6.92 Å². The predicted octanol–water partition coefficient (Wildman–Crippen LogP) is 3.30. The highest BCUT2D eigenvalue weighted by atomic mass is 35.5. The first-order valence-corrected chi connectivity index (χ1v) is 9.03. The lowest BCUT2D eigenvalue weighted by atomic mass is 10.1. The Kier molecular flexibility index (Phi) is 4.97. The second-order valence-electron chi connectivity index (χ2n) is 5.15. The van der Waals surface area contributed by atoms with Crippen molar-refractivity contribution in [2.45, 2.75) is 6.92 Å². The van der Waals surface area contributed by atoms with Crippen LogP contribution in [0.2, 0.25) is 5.02 Å². The molecule has 2 aromatic carbocycles. The number of nitrogens with one attached hydrogen (secondary N) is 1. The van der Waals surface area contributed by atoms with E-state index in [0.29, 0.717) is 22.0 Å². The maximum atomic E-state index is 12.4. The first-order valence-electron chi connectivity index (χ1n) is 6.80. The van der Waals surface area contributed by atoms with Crippen LogP contribution in [0.5, 0.6) is 0 Å². The molecule has 0 aliphatic rings. The molecule has 7 heteroatoms. The smallest absolute Gasteiger partial charge is 0.255 e. The predicted molar refractivity (Wildman–Crippen MR) is 93.8 cm³/mol. The molecule has 0 saturated carbocycles. The van der Waals surface area contributed by atoms with Crippen LogP contribution in [0.15, 0.2) is 42.5 Å². The average Bonchev–Trinajstić information content (AvgIpc) is 2.50. The van der Waals surface area contributed by atoms with Gasteiger partial charge in [-0.3, -0.25) is 9.10 Å². The van der Waals surface area contributed by atoms with Crippen LogP contribution >= 0.6 is 11.6 Å². The van der Waals surface area contributed by atoms with Crippen molar-refractivity contribution in [1.29, 1.82) is 0 Å². The Morgan fingerprint density at radius 1 is 1.17 bits per heavy atom. The molecule has 0 atom stereocenters. The van der Waals surface area contributed by atoms with Crippen molar-refractivity contribution >= 4 is 38.9 Å². The second kappa shape index (κ2) is 6.60. The van der Waals surface area contributed by atoms with E-state index in [2.05, 4.69) is 5.32 Å². The molecule has 122 valence electrons. The number of sulfonamides is 1. The van der Waals surface area contributed by atoms with Gasteiger partial charge in [0.05, 0.1) is 11.9 Å². The number of benzene rings is 2. The van der Waals surface area contributed by atoms with Crippen LogP contribution in [-0.4, -0.2) is 27.6 Å². The molecule has 2 aromatic rings. The van der Waals surface area contributed by atoms with Gasteiger partial charge in [0.1, 0.15) is 0 Å². The van der Waals surface area contributed by atoms with Gasteiger partial charge in [-0.05, 0) is 42.8 Å². The molecular formula is C16H17ClN2O3S. The molecule has 0 aliphatic heterocycles. The van der Waals surface area contributed by atoms with Crippen molar-refractivity contribution in [3.63, 3.8) is 0 Å². The van der Waals surface area contributed by atoms with Gasteiger partial charge in [0, 0.05) is 23.3 Å². The van der Waals surface area contributed by atoms with Gasteiger partial charge in [-0.1, -0.05) is 23.7 Å². The lowest BCUT2D eigenvalue weighted by Crippen LogP contribution is -2.25. The summed E-state index contributed by atoms with van der Waals surface area (Å²) in [6, 6.07) is 11.7. The van der Waals surface area contributed by atoms with Crippen LogP contribution in [0.1, 0.15) is 15.9 Å². The number of amides is 1. The van der Waals surface area contributed by atoms with E-state index in [9.17, 15) is 13.2 Å². The highest BCUT2D eigenvalue weighted by molar-refractivity contribution is 7.92. The molecular weight excluding hydrogens is 336 g/mol. The monoisotopic (exact) mass is 352 g/mol. The number of hydrogen-bond acceptors (Lipinski definition) is 3. The van der Waals surface area contributed by atoms with Crippen molar-refractivity contribution in [3.05, 3.63) is 58.6 Å². The van der Waals surface area contributed by atoms with Gasteiger partial charge in [0.15, 0.2) is 0 Å². The molecule has 0 saturated heterocycles. The molecule has 1 N–H and O–H groups in total. The highest BCUT2D eigenvalue weighted by Crippen LogP contribution is 2.24. The van der Waals surface area contributed by atoms with Crippen LogP contribution in [0.25, 0.3) is 0 Å². The summed E-state index contributed by atoms with van der Waals surface area (Å²) in [5.41, 5.74) is 2.16. The minimum Gasteiger partial charge on any atom is -0.322 e. The first-order chi connectivity index (χ1) is 10.7. The zero-order chi connectivity index (χ0) is 17.2. The molecule has 0 fully saturated rings. The molecule has 0 aliphatic carbocycles. The quantitative estimate of drug-likeness (QED) is 0.918. The topological polar surface area (TPSA) is 66.5 Å². The van der Waals surface area contributed by atoms with Crippen molar-refractivity contribution in [1.82, 2.24) is 0 Å². The molecule has 0 radical (unpaired) electrons. The Morgan fingerprint density at radius 2 is 1.83 bits per heavy atom. The van der Waals surface area contributed by atoms with Gasteiger partial charge < -0.3 is 5.32 Å². The maximum Gasteiger partial charge on any atom is 0.255 e. The number of nitrogens with zero attached hydrogens (tertiary/aromatic N) is 1. The molecule has 0 heterocycles. The Morgan fingerprint density at radius 3 is 2.48 bits per heavy atom. The fourth-order valence-corrected chi connectivity index (χ4v) is 2.64. The number of rotatable bonds is 4. The number of carbonyl (C=O) groups excluding carboxylic acids is 1. The van der Waals surface area contributed by atoms with Gasteiger partial charge >= 0.3 is 0 Å². The van der Waals surface area contributed by atoms with E-state index in [1.54, 1.807) is 36.4 Å². The van der Waals surface area contributed by atoms with Crippen LogP contribution < -0.4 is 9.62 Å². The zero-order valence-corrected chi connectivity index (χ0v) is 14.6. The summed E-state index contributed by atoms with van der Waals surface area (Å²) >= 11 is 6.04. The lowest BCUT2D eigenvalue weighted by Gasteiger charge is -2.17. The van der Waals surface area contributed by atoms with Crippen LogP contribution in [0.3, 0.4) is 0 Å². The second-order valence-corrected chi connectivity index (χ2v) is 7.57. The van der Waals surface area contributed by atoms with E-state index in [4.69, 9.17) is 11.6 Å². The summed E-state index contributed by atoms with van der Waals surface area (Å²) in [5, 5.41) is 3.34. The zero-order valence-electron chi connectivity index (χ0n) is 13.0. The highest BCUT2D eigenvalue weighted by Gasteiger charge is 2.15. The molecule has 0 bridgehead atoms. The Balaban J connectivity index is 2.29. The van der Waals surface area contributed by atoms with Crippen molar-refractivity contribution in [2.75, 3.05) is 22.9 Å². The Labute approximate surface area is 140 Å². The van der Waals surface area contributed by atoms with Crippen molar-refractivity contribution < 1.29 is 13.2 Å². The van der Waals surface area contributed by atoms with E-state index in [1.165, 1.54) is 13.1 Å². The number of halogens is 1. The van der Waals surface area contributed by atoms with Crippen molar-refractivity contribution in [2.24, 2.45) is 0 Å². The normalized spacial score (nSPS) is 11.1. The molecule has 1 amide bonds. The third kappa shape index (κ3) is 4.03. The third-order valence-electron chi connectivity index (χ3n) is 3.49. The summed E-state index contributed by atoms with van der Waals surface area (Å²) in [7, 11) is -1.95. The summed E-state index contributed by atoms with van der Waals surface area (Å²) in [5.74, 6) is -0.334. The SMILES string of the molecule is Cc1c(Cl)cccc1NC(=O)c1cccc(N(C)S(C)(=O)=O)c1. The van der Waals surface area contributed by atoms with Crippen molar-refractivity contribution in [3.8, 4) is 0 Å². The molecule has 2 rings (SSSR count). The fourth-order valence-electron chi connectivity index (χ4n) is 1.97. The molecule has 0 unspecified atom stereocenters. The maximum absolute atomic E-state index is 12.4. The Hall–Kier alpha value is -2.05. The molecule has 23 heavy (non-hydrogen) atoms. The minimum atomic E-state index is -3.39. The summed E-state index contributed by atoms with van der Waals surface area (Å²) < 4.78 is 24.3. The van der Waals surface area contributed by atoms with E-state index in [-0.39, 0.29) is 5.91 Å². The summed E-state index contributed by atoms with van der Waals surface area (Å²) in [6.07, 6.45) is 1.11. The summed E-state index contributed by atoms with van der Waals surface area (Å²) in [4.78, 5) is 12.4. The van der Waals surface area contributed by atoms with Crippen LogP contribution in [0.4, 0.5) is 11.4 Å². The summed E-state index contributed by atoms with van der Waals surface area (Å²) in [6.45, 7) is 1.81. The average molecular weight is 353 g/mol. The Bertz CT molecular complexity index is 850. The fraction of sp³-hybridized carbons (Fsp3) is 0.188. The first kappa shape index (κ1) is 17.3. The van der Waals surface area contributed by atoms with Crippen LogP contribution in [0, 0.1) is 6.92 Å². The van der Waals surface area contributed by atoms with E-state index in [0.717, 1.165) is 16.1 Å². The van der Waals surface area contributed by atoms with Gasteiger partial charge in [-0.25, -0.2) is 8.42 Å². The largest absolute Gasteiger partial charge is 0.322 e. The van der Waals surface area contributed by atoms with Crippen LogP contribution in [-0.2, 0) is 10.0 Å². The van der Waals surface area contributed by atoms with Gasteiger partial charge in [-0.2, -0.15) is 0 Å².